The summed E-state index contributed by atoms with van der Waals surface area (Å²) in [6.45, 7) is 3.53. The van der Waals surface area contributed by atoms with E-state index in [2.05, 4.69) is 9.89 Å². The number of benzene rings is 2. The Morgan fingerprint density at radius 3 is 2.58 bits per heavy atom. The highest BCUT2D eigenvalue weighted by Gasteiger charge is 2.34. The molecule has 0 aliphatic carbocycles. The van der Waals surface area contributed by atoms with Gasteiger partial charge in [0.1, 0.15) is 5.71 Å². The zero-order valence-corrected chi connectivity index (χ0v) is 15.5. The zero-order chi connectivity index (χ0) is 18.1. The Morgan fingerprint density at radius 2 is 1.81 bits per heavy atom. The van der Waals surface area contributed by atoms with Crippen LogP contribution in [0.4, 0.5) is 11.4 Å². The average molecular weight is 390 g/mol. The largest absolute Gasteiger partial charge is 0.379 e. The molecule has 4 rings (SSSR count). The van der Waals surface area contributed by atoms with Gasteiger partial charge >= 0.3 is 0 Å². The van der Waals surface area contributed by atoms with Crippen LogP contribution in [0.2, 0.25) is 10.0 Å². The Kier molecular flexibility index (Phi) is 4.96. The SMILES string of the molecule is O=C1C(=Nc2ccc(Cl)c(Cl)c2)c2ccccc2N1CN1CCOCC1. The lowest BCUT2D eigenvalue weighted by Crippen LogP contribution is -2.45. The number of hydrogen-bond acceptors (Lipinski definition) is 4. The van der Waals surface area contributed by atoms with Gasteiger partial charge < -0.3 is 4.74 Å². The number of anilines is 1. The summed E-state index contributed by atoms with van der Waals surface area (Å²) in [7, 11) is 0. The van der Waals surface area contributed by atoms with E-state index in [1.807, 2.05) is 24.3 Å². The summed E-state index contributed by atoms with van der Waals surface area (Å²) in [6.07, 6.45) is 0. The first-order valence-electron chi connectivity index (χ1n) is 8.38. The third kappa shape index (κ3) is 3.35. The molecule has 0 unspecified atom stereocenters. The minimum Gasteiger partial charge on any atom is -0.379 e. The van der Waals surface area contributed by atoms with E-state index in [4.69, 9.17) is 27.9 Å². The molecule has 7 heteroatoms. The fourth-order valence-electron chi connectivity index (χ4n) is 3.14. The van der Waals surface area contributed by atoms with Crippen LogP contribution in [0, 0.1) is 0 Å². The molecule has 2 aliphatic rings. The number of amides is 1. The molecule has 1 amide bonds. The van der Waals surface area contributed by atoms with Crippen LogP contribution < -0.4 is 4.90 Å². The molecular weight excluding hydrogens is 373 g/mol. The van der Waals surface area contributed by atoms with Crippen molar-refractivity contribution < 1.29 is 9.53 Å². The number of rotatable bonds is 3. The second-order valence-electron chi connectivity index (χ2n) is 6.18. The van der Waals surface area contributed by atoms with Crippen LogP contribution in [0.5, 0.6) is 0 Å². The molecule has 5 nitrogen and oxygen atoms in total. The maximum atomic E-state index is 13.1. The molecule has 0 atom stereocenters. The van der Waals surface area contributed by atoms with E-state index < -0.39 is 0 Å². The first-order valence-corrected chi connectivity index (χ1v) is 9.14. The molecule has 2 aromatic rings. The number of ether oxygens (including phenoxy) is 1. The van der Waals surface area contributed by atoms with E-state index in [0.717, 1.165) is 24.3 Å². The minimum absolute atomic E-state index is 0.108. The second kappa shape index (κ2) is 7.37. The first-order chi connectivity index (χ1) is 12.6. The topological polar surface area (TPSA) is 45.1 Å². The lowest BCUT2D eigenvalue weighted by Gasteiger charge is -2.30. The maximum absolute atomic E-state index is 13.1. The van der Waals surface area contributed by atoms with Crippen molar-refractivity contribution in [2.75, 3.05) is 37.9 Å². The molecule has 0 N–H and O–H groups in total. The van der Waals surface area contributed by atoms with Gasteiger partial charge in [0.05, 0.1) is 41.3 Å². The van der Waals surface area contributed by atoms with Crippen molar-refractivity contribution in [3.05, 3.63) is 58.1 Å². The van der Waals surface area contributed by atoms with Gasteiger partial charge in [-0.05, 0) is 24.3 Å². The van der Waals surface area contributed by atoms with Gasteiger partial charge in [-0.25, -0.2) is 4.99 Å². The van der Waals surface area contributed by atoms with Crippen LogP contribution in [0.25, 0.3) is 0 Å². The highest BCUT2D eigenvalue weighted by molar-refractivity contribution is 6.54. The highest BCUT2D eigenvalue weighted by atomic mass is 35.5. The van der Waals surface area contributed by atoms with Crippen LogP contribution >= 0.6 is 23.2 Å². The smallest absolute Gasteiger partial charge is 0.278 e. The summed E-state index contributed by atoms with van der Waals surface area (Å²) in [5.41, 5.74) is 2.73. The summed E-state index contributed by atoms with van der Waals surface area (Å²) in [4.78, 5) is 21.6. The monoisotopic (exact) mass is 389 g/mol. The molecule has 2 heterocycles. The molecule has 1 saturated heterocycles. The minimum atomic E-state index is -0.108. The highest BCUT2D eigenvalue weighted by Crippen LogP contribution is 2.32. The van der Waals surface area contributed by atoms with Crippen LogP contribution in [0.1, 0.15) is 5.56 Å². The molecule has 2 aliphatic heterocycles. The van der Waals surface area contributed by atoms with Crippen molar-refractivity contribution in [2.24, 2.45) is 4.99 Å². The van der Waals surface area contributed by atoms with Crippen LogP contribution in [-0.4, -0.2) is 49.5 Å². The van der Waals surface area contributed by atoms with Crippen molar-refractivity contribution in [1.29, 1.82) is 0 Å². The van der Waals surface area contributed by atoms with Crippen molar-refractivity contribution in [1.82, 2.24) is 4.90 Å². The van der Waals surface area contributed by atoms with Gasteiger partial charge in [0.2, 0.25) is 0 Å². The molecule has 1 fully saturated rings. The van der Waals surface area contributed by atoms with E-state index in [9.17, 15) is 4.79 Å². The molecule has 0 spiro atoms. The van der Waals surface area contributed by atoms with Crippen molar-refractivity contribution in [2.45, 2.75) is 0 Å². The van der Waals surface area contributed by atoms with E-state index in [0.29, 0.717) is 41.3 Å². The Balaban J connectivity index is 1.68. The quantitative estimate of drug-likeness (QED) is 0.802. The number of carbonyl (C=O) groups is 1. The van der Waals surface area contributed by atoms with Gasteiger partial charge in [-0.3, -0.25) is 14.6 Å². The second-order valence-corrected chi connectivity index (χ2v) is 7.00. The van der Waals surface area contributed by atoms with Gasteiger partial charge in [-0.2, -0.15) is 0 Å². The standard InChI is InChI=1S/C19H17Cl2N3O2/c20-15-6-5-13(11-16(15)21)22-18-14-3-1-2-4-17(14)24(19(18)25)12-23-7-9-26-10-8-23/h1-6,11H,7-10,12H2. The molecule has 26 heavy (non-hydrogen) atoms. The third-order valence-corrected chi connectivity index (χ3v) is 5.23. The average Bonchev–Trinajstić information content (AvgIpc) is 2.92. The number of hydrogen-bond donors (Lipinski definition) is 0. The van der Waals surface area contributed by atoms with E-state index in [-0.39, 0.29) is 5.91 Å². The molecule has 0 saturated carbocycles. The zero-order valence-electron chi connectivity index (χ0n) is 14.0. The summed E-state index contributed by atoms with van der Waals surface area (Å²) in [6, 6.07) is 12.8. The van der Waals surface area contributed by atoms with Gasteiger partial charge in [0.25, 0.3) is 5.91 Å². The van der Waals surface area contributed by atoms with Crippen molar-refractivity contribution >= 4 is 46.2 Å². The van der Waals surface area contributed by atoms with Gasteiger partial charge in [0.15, 0.2) is 0 Å². The normalized spacial score (nSPS) is 19.2. The first kappa shape index (κ1) is 17.5. The fraction of sp³-hybridized carbons (Fsp3) is 0.263. The number of nitrogens with zero attached hydrogens (tertiary/aromatic N) is 3. The summed E-state index contributed by atoms with van der Waals surface area (Å²) >= 11 is 12.0. The van der Waals surface area contributed by atoms with Crippen LogP contribution in [-0.2, 0) is 9.53 Å². The number of halogens is 2. The Labute approximate surface area is 161 Å². The van der Waals surface area contributed by atoms with Crippen LogP contribution in [0.3, 0.4) is 0 Å². The molecular formula is C19H17Cl2N3O2. The van der Waals surface area contributed by atoms with E-state index in [1.54, 1.807) is 23.1 Å². The summed E-state index contributed by atoms with van der Waals surface area (Å²) in [5.74, 6) is -0.108. The fourth-order valence-corrected chi connectivity index (χ4v) is 3.43. The molecule has 0 aromatic heterocycles. The molecule has 0 bridgehead atoms. The molecule has 134 valence electrons. The molecule has 0 radical (unpaired) electrons. The van der Waals surface area contributed by atoms with Crippen molar-refractivity contribution in [3.63, 3.8) is 0 Å². The predicted octanol–water partition coefficient (Wildman–Crippen LogP) is 3.75. The number of para-hydroxylation sites is 1. The van der Waals surface area contributed by atoms with E-state index >= 15 is 0 Å². The van der Waals surface area contributed by atoms with Gasteiger partial charge in [-0.15, -0.1) is 0 Å². The summed E-state index contributed by atoms with van der Waals surface area (Å²) < 4.78 is 5.39. The lowest BCUT2D eigenvalue weighted by atomic mass is 10.1. The Bertz CT molecular complexity index is 879. The lowest BCUT2D eigenvalue weighted by molar-refractivity contribution is -0.112. The number of carbonyl (C=O) groups excluding carboxylic acids is 1. The summed E-state index contributed by atoms with van der Waals surface area (Å²) in [5, 5.41) is 0.875. The number of aliphatic imine (C=N–C) groups is 1. The molecule has 2 aromatic carbocycles. The maximum Gasteiger partial charge on any atom is 0.278 e. The third-order valence-electron chi connectivity index (χ3n) is 4.49. The number of fused-ring (bicyclic) bond motifs is 1. The van der Waals surface area contributed by atoms with Crippen LogP contribution in [0.15, 0.2) is 47.5 Å². The Morgan fingerprint density at radius 1 is 1.04 bits per heavy atom. The van der Waals surface area contributed by atoms with Gasteiger partial charge in [0, 0.05) is 18.7 Å². The van der Waals surface area contributed by atoms with Gasteiger partial charge in [-0.1, -0.05) is 41.4 Å². The van der Waals surface area contributed by atoms with E-state index in [1.165, 1.54) is 0 Å². The van der Waals surface area contributed by atoms with Crippen molar-refractivity contribution in [3.8, 4) is 0 Å². The predicted molar refractivity (Wildman–Crippen MR) is 104 cm³/mol. The number of morpholine rings is 1. The Hall–Kier alpha value is -1.92.